The molecule has 4 rings (SSSR count). The van der Waals surface area contributed by atoms with Gasteiger partial charge in [-0.3, -0.25) is 0 Å². The van der Waals surface area contributed by atoms with Crippen molar-refractivity contribution in [1.82, 2.24) is 0 Å². The molecule has 0 heterocycles. The predicted octanol–water partition coefficient (Wildman–Crippen LogP) is 5.46. The van der Waals surface area contributed by atoms with Gasteiger partial charge < -0.3 is 0 Å². The van der Waals surface area contributed by atoms with Crippen LogP contribution in [0.25, 0.3) is 6.08 Å². The number of hydrogen-bond acceptors (Lipinski definition) is 0. The Morgan fingerprint density at radius 1 is 0.591 bits per heavy atom. The quantitative estimate of drug-likeness (QED) is 0.598. The predicted molar refractivity (Wildman–Crippen MR) is 92.7 cm³/mol. The van der Waals surface area contributed by atoms with Gasteiger partial charge >= 0.3 is 0 Å². The smallest absolute Gasteiger partial charge is 0.0452 e. The zero-order valence-corrected chi connectivity index (χ0v) is 12.4. The highest BCUT2D eigenvalue weighted by molar-refractivity contribution is 5.70. The topological polar surface area (TPSA) is 0 Å². The summed E-state index contributed by atoms with van der Waals surface area (Å²) in [6.45, 7) is 0. The zero-order chi connectivity index (χ0) is 14.8. The third kappa shape index (κ3) is 2.17. The average molecular weight is 282 g/mol. The minimum atomic E-state index is 0.0678. The van der Waals surface area contributed by atoms with Gasteiger partial charge in [0.1, 0.15) is 0 Å². The van der Waals surface area contributed by atoms with Crippen molar-refractivity contribution in [3.63, 3.8) is 0 Å². The summed E-state index contributed by atoms with van der Waals surface area (Å²) >= 11 is 0. The van der Waals surface area contributed by atoms with Crippen LogP contribution < -0.4 is 0 Å². The lowest BCUT2D eigenvalue weighted by molar-refractivity contribution is 0.881. The van der Waals surface area contributed by atoms with Crippen molar-refractivity contribution < 1.29 is 0 Å². The third-order valence-electron chi connectivity index (χ3n) is 4.55. The van der Waals surface area contributed by atoms with E-state index in [-0.39, 0.29) is 5.41 Å². The second-order valence-electron chi connectivity index (χ2n) is 5.89. The fraction of sp³-hybridized carbons (Fsp3) is 0.0909. The van der Waals surface area contributed by atoms with Gasteiger partial charge in [-0.15, -0.1) is 0 Å². The fourth-order valence-corrected chi connectivity index (χ4v) is 3.35. The Hall–Kier alpha value is -2.60. The molecule has 0 aromatic heterocycles. The van der Waals surface area contributed by atoms with Crippen LogP contribution >= 0.6 is 0 Å². The number of hydrogen-bond donors (Lipinski definition) is 0. The van der Waals surface area contributed by atoms with Crippen molar-refractivity contribution in [3.8, 4) is 0 Å². The molecule has 0 N–H and O–H groups in total. The van der Waals surface area contributed by atoms with Crippen LogP contribution in [0.4, 0.5) is 0 Å². The first kappa shape index (κ1) is 13.1. The highest BCUT2D eigenvalue weighted by Gasteiger charge is 2.51. The number of allylic oxidation sites excluding steroid dienone is 1. The summed E-state index contributed by atoms with van der Waals surface area (Å²) in [5.41, 5.74) is 5.63. The van der Waals surface area contributed by atoms with E-state index in [0.29, 0.717) is 0 Å². The monoisotopic (exact) mass is 282 g/mol. The van der Waals surface area contributed by atoms with E-state index < -0.39 is 0 Å². The molecule has 0 amide bonds. The minimum absolute atomic E-state index is 0.0678. The molecule has 22 heavy (non-hydrogen) atoms. The molecule has 1 aliphatic carbocycles. The van der Waals surface area contributed by atoms with Crippen molar-refractivity contribution in [2.24, 2.45) is 0 Å². The molecule has 0 nitrogen and oxygen atoms in total. The van der Waals surface area contributed by atoms with Gasteiger partial charge in [-0.25, -0.2) is 0 Å². The highest BCUT2D eigenvalue weighted by Crippen LogP contribution is 2.59. The van der Waals surface area contributed by atoms with Crippen molar-refractivity contribution in [3.05, 3.63) is 113 Å². The van der Waals surface area contributed by atoms with Crippen molar-refractivity contribution in [2.45, 2.75) is 11.8 Å². The van der Waals surface area contributed by atoms with E-state index in [9.17, 15) is 0 Å². The summed E-state index contributed by atoms with van der Waals surface area (Å²) in [6.07, 6.45) is 3.45. The summed E-state index contributed by atoms with van der Waals surface area (Å²) in [6, 6.07) is 32.3. The second-order valence-corrected chi connectivity index (χ2v) is 5.89. The molecule has 1 aliphatic rings. The highest BCUT2D eigenvalue weighted by atomic mass is 14.5. The average Bonchev–Trinajstić information content (AvgIpc) is 3.32. The number of rotatable bonds is 3. The molecule has 0 heteroatoms. The van der Waals surface area contributed by atoms with E-state index >= 15 is 0 Å². The molecule has 0 spiro atoms. The van der Waals surface area contributed by atoms with Crippen LogP contribution in [0.2, 0.25) is 0 Å². The molecule has 0 aliphatic heterocycles. The molecular formula is C22H18. The molecule has 1 saturated carbocycles. The van der Waals surface area contributed by atoms with Gasteiger partial charge in [-0.05, 0) is 23.1 Å². The molecule has 1 fully saturated rings. The van der Waals surface area contributed by atoms with E-state index in [1.807, 2.05) is 0 Å². The van der Waals surface area contributed by atoms with Gasteiger partial charge in [-0.2, -0.15) is 0 Å². The second kappa shape index (κ2) is 5.31. The van der Waals surface area contributed by atoms with Crippen molar-refractivity contribution in [1.29, 1.82) is 0 Å². The van der Waals surface area contributed by atoms with Gasteiger partial charge in [0.05, 0.1) is 0 Å². The van der Waals surface area contributed by atoms with Gasteiger partial charge in [0.25, 0.3) is 0 Å². The maximum atomic E-state index is 2.35. The lowest BCUT2D eigenvalue weighted by atomic mass is 9.87. The molecule has 0 bridgehead atoms. The van der Waals surface area contributed by atoms with Crippen LogP contribution in [-0.2, 0) is 5.41 Å². The molecule has 3 aromatic rings. The summed E-state index contributed by atoms with van der Waals surface area (Å²) < 4.78 is 0. The largest absolute Gasteiger partial charge is 0.0622 e. The van der Waals surface area contributed by atoms with Crippen molar-refractivity contribution in [2.75, 3.05) is 0 Å². The van der Waals surface area contributed by atoms with Gasteiger partial charge in [-0.1, -0.05) is 103 Å². The molecule has 0 radical (unpaired) electrons. The molecule has 3 aromatic carbocycles. The SMILES string of the molecule is C(=C1CC1(c1ccccc1)c1ccccc1)c1ccccc1. The van der Waals surface area contributed by atoms with Crippen LogP contribution in [0.5, 0.6) is 0 Å². The first-order chi connectivity index (χ1) is 10.9. The summed E-state index contributed by atoms with van der Waals surface area (Å²) in [7, 11) is 0. The molecule has 0 unspecified atom stereocenters. The van der Waals surface area contributed by atoms with Crippen molar-refractivity contribution >= 4 is 6.08 Å². The molecule has 0 atom stereocenters. The van der Waals surface area contributed by atoms with E-state index in [4.69, 9.17) is 0 Å². The van der Waals surface area contributed by atoms with Crippen LogP contribution in [-0.4, -0.2) is 0 Å². The zero-order valence-electron chi connectivity index (χ0n) is 12.4. The standard InChI is InChI=1S/C22H18/c1-4-10-18(11-5-1)16-21-17-22(21,19-12-6-2-7-13-19)20-14-8-3-9-15-20/h1-16H,17H2. The lowest BCUT2D eigenvalue weighted by Gasteiger charge is -2.16. The Labute approximate surface area is 131 Å². The Morgan fingerprint density at radius 3 is 1.55 bits per heavy atom. The summed E-state index contributed by atoms with van der Waals surface area (Å²) in [4.78, 5) is 0. The third-order valence-corrected chi connectivity index (χ3v) is 4.55. The van der Waals surface area contributed by atoms with Gasteiger partial charge in [0.15, 0.2) is 0 Å². The Kier molecular flexibility index (Phi) is 3.16. The Balaban J connectivity index is 1.82. The normalized spacial score (nSPS) is 17.4. The Morgan fingerprint density at radius 2 is 1.05 bits per heavy atom. The van der Waals surface area contributed by atoms with E-state index in [2.05, 4.69) is 97.1 Å². The van der Waals surface area contributed by atoms with Gasteiger partial charge in [0, 0.05) is 5.41 Å². The maximum absolute atomic E-state index is 2.35. The van der Waals surface area contributed by atoms with Gasteiger partial charge in [0.2, 0.25) is 0 Å². The molecule has 0 saturated heterocycles. The van der Waals surface area contributed by atoms with E-state index in [1.165, 1.54) is 22.3 Å². The minimum Gasteiger partial charge on any atom is -0.0622 e. The van der Waals surface area contributed by atoms with Crippen LogP contribution in [0, 0.1) is 0 Å². The van der Waals surface area contributed by atoms with Crippen LogP contribution in [0.15, 0.2) is 96.6 Å². The summed E-state index contributed by atoms with van der Waals surface area (Å²) in [5, 5.41) is 0. The first-order valence-corrected chi connectivity index (χ1v) is 7.77. The fourth-order valence-electron chi connectivity index (χ4n) is 3.35. The van der Waals surface area contributed by atoms with E-state index in [1.54, 1.807) is 0 Å². The van der Waals surface area contributed by atoms with Crippen LogP contribution in [0.3, 0.4) is 0 Å². The Bertz CT molecular complexity index is 744. The van der Waals surface area contributed by atoms with E-state index in [0.717, 1.165) is 6.42 Å². The maximum Gasteiger partial charge on any atom is 0.0452 e. The number of benzene rings is 3. The van der Waals surface area contributed by atoms with Crippen LogP contribution in [0.1, 0.15) is 23.1 Å². The summed E-state index contributed by atoms with van der Waals surface area (Å²) in [5.74, 6) is 0. The lowest BCUT2D eigenvalue weighted by Crippen LogP contribution is -2.08. The molecule has 106 valence electrons. The molecular weight excluding hydrogens is 264 g/mol. The first-order valence-electron chi connectivity index (χ1n) is 7.77.